The van der Waals surface area contributed by atoms with Gasteiger partial charge in [0, 0.05) is 26.2 Å². The molecule has 0 aromatic carbocycles. The van der Waals surface area contributed by atoms with Crippen LogP contribution in [0.4, 0.5) is 0 Å². The van der Waals surface area contributed by atoms with E-state index < -0.39 is 0 Å². The van der Waals surface area contributed by atoms with Crippen molar-refractivity contribution in [3.8, 4) is 0 Å². The van der Waals surface area contributed by atoms with Gasteiger partial charge >= 0.3 is 23.1 Å². The van der Waals surface area contributed by atoms with E-state index in [1.807, 2.05) is 0 Å². The number of rotatable bonds is 1. The Morgan fingerprint density at radius 1 is 1.43 bits per heavy atom. The molecule has 0 saturated heterocycles. The van der Waals surface area contributed by atoms with E-state index in [9.17, 15) is 0 Å². The largest absolute Gasteiger partial charge is 2.00 e. The van der Waals surface area contributed by atoms with Crippen molar-refractivity contribution in [2.75, 3.05) is 0 Å². The zero-order valence-electron chi connectivity index (χ0n) is 4.71. The normalized spacial score (nSPS) is 4.29. The van der Waals surface area contributed by atoms with Gasteiger partial charge in [-0.25, -0.2) is 0 Å². The predicted octanol–water partition coefficient (Wildman–Crippen LogP) is -1.76. The van der Waals surface area contributed by atoms with Crippen molar-refractivity contribution in [2.45, 2.75) is 19.8 Å². The van der Waals surface area contributed by atoms with Gasteiger partial charge < -0.3 is 19.3 Å². The molecule has 0 amide bonds. The Balaban J connectivity index is -0.0000000150. The van der Waals surface area contributed by atoms with Crippen LogP contribution in [0.25, 0.3) is 0 Å². The molecular formula is C4H9ClMgZr. The minimum atomic E-state index is 0. The molecule has 0 N–H and O–H groups in total. The van der Waals surface area contributed by atoms with Crippen LogP contribution in [0.2, 0.25) is 0 Å². The van der Waals surface area contributed by atoms with Crippen molar-refractivity contribution < 1.29 is 38.6 Å². The fourth-order valence-electron chi connectivity index (χ4n) is 0. The summed E-state index contributed by atoms with van der Waals surface area (Å²) in [5.74, 6) is 0. The summed E-state index contributed by atoms with van der Waals surface area (Å²) < 4.78 is 0. The van der Waals surface area contributed by atoms with Crippen molar-refractivity contribution >= 4 is 23.1 Å². The molecule has 0 radical (unpaired) electrons. The Hall–Kier alpha value is 1.94. The molecule has 0 aromatic heterocycles. The SMILES string of the molecule is [CH2-]CCC.[Cl-].[Mg+2].[Zr]. The predicted molar refractivity (Wildman–Crippen MR) is 26.0 cm³/mol. The first-order valence-corrected chi connectivity index (χ1v) is 1.71. The zero-order valence-corrected chi connectivity index (χ0v) is 9.33. The molecule has 0 aliphatic heterocycles. The van der Waals surface area contributed by atoms with Crippen LogP contribution in [0.5, 0.6) is 0 Å². The summed E-state index contributed by atoms with van der Waals surface area (Å²) >= 11 is 0. The van der Waals surface area contributed by atoms with Crippen LogP contribution >= 0.6 is 0 Å². The number of unbranched alkanes of at least 4 members (excludes halogenated alkanes) is 1. The van der Waals surface area contributed by atoms with Crippen LogP contribution in [0.3, 0.4) is 0 Å². The smallest absolute Gasteiger partial charge is 1.00 e. The molecule has 3 heteroatoms. The third kappa shape index (κ3) is 32.4. The summed E-state index contributed by atoms with van der Waals surface area (Å²) in [6.07, 6.45) is 2.28. The molecule has 0 aliphatic carbocycles. The summed E-state index contributed by atoms with van der Waals surface area (Å²) in [7, 11) is 0. The van der Waals surface area contributed by atoms with Gasteiger partial charge in [0.05, 0.1) is 0 Å². The molecule has 0 aromatic rings. The van der Waals surface area contributed by atoms with Gasteiger partial charge in [-0.15, -0.1) is 0 Å². The van der Waals surface area contributed by atoms with Crippen molar-refractivity contribution in [3.05, 3.63) is 6.92 Å². The summed E-state index contributed by atoms with van der Waals surface area (Å²) in [5, 5.41) is 0. The first kappa shape index (κ1) is 23.1. The average molecular weight is 208 g/mol. The topological polar surface area (TPSA) is 0 Å². The second kappa shape index (κ2) is 24.6. The molecule has 0 aliphatic rings. The Kier molecular flexibility index (Phi) is 81.3. The van der Waals surface area contributed by atoms with E-state index in [1.54, 1.807) is 0 Å². The quantitative estimate of drug-likeness (QED) is 0.354. The van der Waals surface area contributed by atoms with E-state index in [1.165, 1.54) is 6.42 Å². The van der Waals surface area contributed by atoms with Crippen molar-refractivity contribution in [2.24, 2.45) is 0 Å². The van der Waals surface area contributed by atoms with E-state index in [0.29, 0.717) is 0 Å². The van der Waals surface area contributed by atoms with Gasteiger partial charge in [-0.05, 0) is 0 Å². The summed E-state index contributed by atoms with van der Waals surface area (Å²) in [6, 6.07) is 0. The standard InChI is InChI=1S/C4H9.ClH.Mg.Zr/c1-3-4-2;;;/h1,3-4H2,2H3;1H;;/q-1;;+2;/p-1. The monoisotopic (exact) mass is 206 g/mol. The summed E-state index contributed by atoms with van der Waals surface area (Å²) in [6.45, 7) is 5.72. The van der Waals surface area contributed by atoms with Crippen molar-refractivity contribution in [1.29, 1.82) is 0 Å². The van der Waals surface area contributed by atoms with Gasteiger partial charge in [-0.3, -0.25) is 0 Å². The van der Waals surface area contributed by atoms with Crippen molar-refractivity contribution in [1.82, 2.24) is 0 Å². The third-order valence-corrected chi connectivity index (χ3v) is 0.354. The molecule has 0 saturated carbocycles. The van der Waals surface area contributed by atoms with Gasteiger partial charge in [0.25, 0.3) is 0 Å². The molecule has 0 unspecified atom stereocenters. The van der Waals surface area contributed by atoms with Crippen molar-refractivity contribution in [3.63, 3.8) is 0 Å². The fourth-order valence-corrected chi connectivity index (χ4v) is 0. The molecule has 0 bridgehead atoms. The van der Waals surface area contributed by atoms with Crippen LogP contribution < -0.4 is 12.4 Å². The van der Waals surface area contributed by atoms with Gasteiger partial charge in [0.15, 0.2) is 0 Å². The summed E-state index contributed by atoms with van der Waals surface area (Å²) in [4.78, 5) is 0. The van der Waals surface area contributed by atoms with E-state index in [0.717, 1.165) is 6.42 Å². The van der Waals surface area contributed by atoms with Crippen LogP contribution in [0.15, 0.2) is 0 Å². The maximum atomic E-state index is 3.60. The Morgan fingerprint density at radius 3 is 1.57 bits per heavy atom. The molecule has 38 valence electrons. The third-order valence-electron chi connectivity index (χ3n) is 0.354. The molecule has 0 nitrogen and oxygen atoms in total. The van der Waals surface area contributed by atoms with Crippen LogP contribution in [0.1, 0.15) is 19.8 Å². The molecule has 0 rings (SSSR count). The van der Waals surface area contributed by atoms with Gasteiger partial charge in [0.2, 0.25) is 0 Å². The maximum Gasteiger partial charge on any atom is 2.00 e. The van der Waals surface area contributed by atoms with Crippen LogP contribution in [-0.4, -0.2) is 23.1 Å². The Morgan fingerprint density at radius 2 is 1.57 bits per heavy atom. The van der Waals surface area contributed by atoms with E-state index >= 15 is 0 Å². The molecular weight excluding hydrogens is 199 g/mol. The van der Waals surface area contributed by atoms with E-state index in [4.69, 9.17) is 0 Å². The van der Waals surface area contributed by atoms with E-state index in [2.05, 4.69) is 13.8 Å². The summed E-state index contributed by atoms with van der Waals surface area (Å²) in [5.41, 5.74) is 0. The van der Waals surface area contributed by atoms with Crippen LogP contribution in [0, 0.1) is 6.92 Å². The molecule has 0 fully saturated rings. The Labute approximate surface area is 87.5 Å². The van der Waals surface area contributed by atoms with Crippen LogP contribution in [-0.2, 0) is 26.2 Å². The fraction of sp³-hybridized carbons (Fsp3) is 0.750. The first-order valence-electron chi connectivity index (χ1n) is 1.71. The molecule has 7 heavy (non-hydrogen) atoms. The molecule has 0 heterocycles. The maximum absolute atomic E-state index is 3.60. The van der Waals surface area contributed by atoms with Gasteiger partial charge in [-0.1, -0.05) is 13.3 Å². The molecule has 0 atom stereocenters. The second-order valence-electron chi connectivity index (χ2n) is 0.854. The number of hydrogen-bond acceptors (Lipinski definition) is 0. The van der Waals surface area contributed by atoms with E-state index in [-0.39, 0.29) is 61.7 Å². The average Bonchev–Trinajstić information content (AvgIpc) is 1.37. The number of halogens is 1. The Bertz CT molecular complexity index is 13.7. The van der Waals surface area contributed by atoms with Gasteiger partial charge in [0.1, 0.15) is 0 Å². The number of hydrogen-bond donors (Lipinski definition) is 0. The second-order valence-corrected chi connectivity index (χ2v) is 0.854. The first-order chi connectivity index (χ1) is 1.91. The minimum Gasteiger partial charge on any atom is -1.00 e. The zero-order chi connectivity index (χ0) is 3.41. The minimum absolute atomic E-state index is 0. The molecule has 0 spiro atoms. The van der Waals surface area contributed by atoms with Gasteiger partial charge in [-0.2, -0.15) is 6.42 Å².